The largest absolute Gasteiger partial charge is 0.475 e. The minimum absolute atomic E-state index is 0.213. The minimum Gasteiger partial charge on any atom is -0.475 e. The van der Waals surface area contributed by atoms with Crippen LogP contribution in [-0.2, 0) is 4.74 Å². The number of hydrogen-bond donors (Lipinski definition) is 1. The number of rotatable bonds is 5. The first-order valence-corrected chi connectivity index (χ1v) is 4.92. The van der Waals surface area contributed by atoms with Crippen LogP contribution in [0.15, 0.2) is 6.33 Å². The van der Waals surface area contributed by atoms with Crippen molar-refractivity contribution < 1.29 is 9.47 Å². The molecule has 1 rings (SSSR count). The van der Waals surface area contributed by atoms with E-state index >= 15 is 0 Å². The van der Waals surface area contributed by atoms with E-state index in [0.717, 1.165) is 5.56 Å². The quantitative estimate of drug-likeness (QED) is 0.740. The van der Waals surface area contributed by atoms with Gasteiger partial charge in [0.2, 0.25) is 5.88 Å². The van der Waals surface area contributed by atoms with E-state index in [0.29, 0.717) is 24.9 Å². The zero-order chi connectivity index (χ0) is 11.3. The average Bonchev–Trinajstić information content (AvgIpc) is 2.18. The van der Waals surface area contributed by atoms with Crippen molar-refractivity contribution in [3.8, 4) is 5.88 Å². The molecule has 1 aromatic heterocycles. The van der Waals surface area contributed by atoms with Gasteiger partial charge in [-0.15, -0.1) is 0 Å². The van der Waals surface area contributed by atoms with E-state index in [1.165, 1.54) is 6.33 Å². The molecule has 5 heteroatoms. The van der Waals surface area contributed by atoms with Crippen LogP contribution >= 0.6 is 0 Å². The molecular formula is C10H17N3O2. The lowest BCUT2D eigenvalue weighted by atomic mass is 10.3. The molecule has 0 aliphatic rings. The third-order valence-electron chi connectivity index (χ3n) is 1.85. The monoisotopic (exact) mass is 211 g/mol. The van der Waals surface area contributed by atoms with Gasteiger partial charge in [0.1, 0.15) is 18.8 Å². The van der Waals surface area contributed by atoms with E-state index in [2.05, 4.69) is 9.97 Å². The summed E-state index contributed by atoms with van der Waals surface area (Å²) in [6.45, 7) is 6.80. The summed E-state index contributed by atoms with van der Waals surface area (Å²) in [6, 6.07) is 0. The van der Waals surface area contributed by atoms with Crippen molar-refractivity contribution in [2.75, 3.05) is 18.9 Å². The van der Waals surface area contributed by atoms with Crippen molar-refractivity contribution in [1.29, 1.82) is 0 Å². The van der Waals surface area contributed by atoms with Gasteiger partial charge in [-0.25, -0.2) is 9.97 Å². The Morgan fingerprint density at radius 2 is 2.07 bits per heavy atom. The van der Waals surface area contributed by atoms with Gasteiger partial charge in [-0.1, -0.05) is 0 Å². The molecule has 0 saturated carbocycles. The summed E-state index contributed by atoms with van der Waals surface area (Å²) in [4.78, 5) is 7.84. The maximum atomic E-state index is 5.61. The van der Waals surface area contributed by atoms with Gasteiger partial charge in [0.05, 0.1) is 18.3 Å². The van der Waals surface area contributed by atoms with Crippen molar-refractivity contribution in [2.24, 2.45) is 0 Å². The molecule has 84 valence electrons. The molecule has 5 nitrogen and oxygen atoms in total. The highest BCUT2D eigenvalue weighted by molar-refractivity contribution is 5.42. The van der Waals surface area contributed by atoms with Crippen molar-refractivity contribution in [3.63, 3.8) is 0 Å². The average molecular weight is 211 g/mol. The predicted octanol–water partition coefficient (Wildman–Crippen LogP) is 1.17. The highest BCUT2D eigenvalue weighted by atomic mass is 16.5. The minimum atomic E-state index is 0.213. The van der Waals surface area contributed by atoms with E-state index in [1.54, 1.807) is 0 Å². The zero-order valence-electron chi connectivity index (χ0n) is 9.36. The van der Waals surface area contributed by atoms with Gasteiger partial charge in [0.25, 0.3) is 0 Å². The Bertz CT molecular complexity index is 316. The number of nitrogens with zero attached hydrogens (tertiary/aromatic N) is 2. The molecule has 0 bridgehead atoms. The zero-order valence-corrected chi connectivity index (χ0v) is 9.36. The fraction of sp³-hybridized carbons (Fsp3) is 0.600. The summed E-state index contributed by atoms with van der Waals surface area (Å²) in [5.74, 6) is 0.972. The normalized spacial score (nSPS) is 10.7. The van der Waals surface area contributed by atoms with Gasteiger partial charge in [-0.2, -0.15) is 0 Å². The Kier molecular flexibility index (Phi) is 4.30. The van der Waals surface area contributed by atoms with Crippen LogP contribution in [0.2, 0.25) is 0 Å². The molecule has 0 amide bonds. The molecule has 15 heavy (non-hydrogen) atoms. The Hall–Kier alpha value is -1.36. The molecule has 0 aromatic carbocycles. The van der Waals surface area contributed by atoms with Gasteiger partial charge in [-0.3, -0.25) is 0 Å². The standard InChI is InChI=1S/C10H17N3O2/c1-7(2)14-4-5-15-10-8(3)9(11)12-6-13-10/h6-7H,4-5H2,1-3H3,(H2,11,12,13). The second-order valence-electron chi connectivity index (χ2n) is 3.46. The van der Waals surface area contributed by atoms with E-state index in [9.17, 15) is 0 Å². The fourth-order valence-corrected chi connectivity index (χ4v) is 1.01. The molecule has 0 saturated heterocycles. The van der Waals surface area contributed by atoms with Crippen LogP contribution in [0.4, 0.5) is 5.82 Å². The van der Waals surface area contributed by atoms with Crippen molar-refractivity contribution in [1.82, 2.24) is 9.97 Å². The molecule has 0 atom stereocenters. The fourth-order valence-electron chi connectivity index (χ4n) is 1.01. The Morgan fingerprint density at radius 3 is 2.73 bits per heavy atom. The summed E-state index contributed by atoms with van der Waals surface area (Å²) in [5, 5.41) is 0. The first-order chi connectivity index (χ1) is 7.11. The van der Waals surface area contributed by atoms with Crippen LogP contribution < -0.4 is 10.5 Å². The van der Waals surface area contributed by atoms with Gasteiger partial charge < -0.3 is 15.2 Å². The predicted molar refractivity (Wildman–Crippen MR) is 57.8 cm³/mol. The molecular weight excluding hydrogens is 194 g/mol. The van der Waals surface area contributed by atoms with Crippen LogP contribution in [0.3, 0.4) is 0 Å². The van der Waals surface area contributed by atoms with Crippen LogP contribution in [0.25, 0.3) is 0 Å². The van der Waals surface area contributed by atoms with E-state index in [4.69, 9.17) is 15.2 Å². The molecule has 0 aliphatic heterocycles. The smallest absolute Gasteiger partial charge is 0.221 e. The summed E-state index contributed by atoms with van der Waals surface area (Å²) in [5.41, 5.74) is 6.38. The second-order valence-corrected chi connectivity index (χ2v) is 3.46. The molecule has 1 heterocycles. The molecule has 0 radical (unpaired) electrons. The lowest BCUT2D eigenvalue weighted by Crippen LogP contribution is -2.12. The summed E-state index contributed by atoms with van der Waals surface area (Å²) < 4.78 is 10.7. The summed E-state index contributed by atoms with van der Waals surface area (Å²) >= 11 is 0. The SMILES string of the molecule is Cc1c(N)ncnc1OCCOC(C)C. The number of aromatic nitrogens is 2. The van der Waals surface area contributed by atoms with E-state index < -0.39 is 0 Å². The number of nitrogens with two attached hydrogens (primary N) is 1. The number of anilines is 1. The van der Waals surface area contributed by atoms with Crippen molar-refractivity contribution in [3.05, 3.63) is 11.9 Å². The van der Waals surface area contributed by atoms with Crippen LogP contribution in [-0.4, -0.2) is 29.3 Å². The summed E-state index contributed by atoms with van der Waals surface area (Å²) in [6.07, 6.45) is 1.60. The Labute approximate surface area is 89.6 Å². The highest BCUT2D eigenvalue weighted by Crippen LogP contribution is 2.16. The van der Waals surface area contributed by atoms with Crippen LogP contribution in [0.1, 0.15) is 19.4 Å². The maximum Gasteiger partial charge on any atom is 0.221 e. The lowest BCUT2D eigenvalue weighted by molar-refractivity contribution is 0.0541. The van der Waals surface area contributed by atoms with Gasteiger partial charge in [-0.05, 0) is 20.8 Å². The number of nitrogen functional groups attached to an aromatic ring is 1. The van der Waals surface area contributed by atoms with Crippen molar-refractivity contribution in [2.45, 2.75) is 26.9 Å². The molecule has 0 aliphatic carbocycles. The lowest BCUT2D eigenvalue weighted by Gasteiger charge is -2.10. The third kappa shape index (κ3) is 3.71. The number of ether oxygens (including phenoxy) is 2. The van der Waals surface area contributed by atoms with Gasteiger partial charge >= 0.3 is 0 Å². The third-order valence-corrected chi connectivity index (χ3v) is 1.85. The topological polar surface area (TPSA) is 70.3 Å². The molecule has 2 N–H and O–H groups in total. The van der Waals surface area contributed by atoms with Crippen LogP contribution in [0, 0.1) is 6.92 Å². The molecule has 1 aromatic rings. The maximum absolute atomic E-state index is 5.61. The highest BCUT2D eigenvalue weighted by Gasteiger charge is 2.04. The second kappa shape index (κ2) is 5.50. The first-order valence-electron chi connectivity index (χ1n) is 4.92. The van der Waals surface area contributed by atoms with Crippen LogP contribution in [0.5, 0.6) is 5.88 Å². The van der Waals surface area contributed by atoms with Crippen molar-refractivity contribution >= 4 is 5.82 Å². The Balaban J connectivity index is 2.41. The van der Waals surface area contributed by atoms with E-state index in [-0.39, 0.29) is 6.10 Å². The molecule has 0 spiro atoms. The number of hydrogen-bond acceptors (Lipinski definition) is 5. The Morgan fingerprint density at radius 1 is 1.33 bits per heavy atom. The molecule has 0 fully saturated rings. The first kappa shape index (κ1) is 11.7. The summed E-state index contributed by atoms with van der Waals surface area (Å²) in [7, 11) is 0. The van der Waals surface area contributed by atoms with Gasteiger partial charge in [0.15, 0.2) is 0 Å². The molecule has 0 unspecified atom stereocenters. The van der Waals surface area contributed by atoms with E-state index in [1.807, 2.05) is 20.8 Å². The van der Waals surface area contributed by atoms with Gasteiger partial charge in [0, 0.05) is 0 Å².